The summed E-state index contributed by atoms with van der Waals surface area (Å²) in [7, 11) is -6.69. The molecule has 0 amide bonds. The third-order valence-corrected chi connectivity index (χ3v) is 8.86. The first-order chi connectivity index (χ1) is 10.9. The number of hydrogen-bond donors (Lipinski definition) is 0. The predicted octanol–water partition coefficient (Wildman–Crippen LogP) is 0.321. The van der Waals surface area contributed by atoms with Gasteiger partial charge in [-0.25, -0.2) is 16.8 Å². The molecule has 2 aliphatic heterocycles. The molecule has 23 heavy (non-hydrogen) atoms. The highest BCUT2D eigenvalue weighted by molar-refractivity contribution is 7.95. The van der Waals surface area contributed by atoms with Crippen molar-refractivity contribution in [3.8, 4) is 0 Å². The Morgan fingerprint density at radius 2 is 1.70 bits per heavy atom. The van der Waals surface area contributed by atoms with Gasteiger partial charge in [0.25, 0.3) is 0 Å². The van der Waals surface area contributed by atoms with E-state index in [0.29, 0.717) is 26.2 Å². The summed E-state index contributed by atoms with van der Waals surface area (Å²) in [6.45, 7) is 3.03. The fraction of sp³-hybridized carbons (Fsp3) is 0.600. The van der Waals surface area contributed by atoms with Gasteiger partial charge in [-0.05, 0) is 12.0 Å². The molecule has 6 nitrogen and oxygen atoms in total. The van der Waals surface area contributed by atoms with Gasteiger partial charge in [-0.15, -0.1) is 0 Å². The molecule has 0 aliphatic carbocycles. The quantitative estimate of drug-likeness (QED) is 0.775. The normalized spacial score (nSPS) is 26.3. The van der Waals surface area contributed by atoms with Crippen molar-refractivity contribution in [2.75, 3.05) is 37.7 Å². The average Bonchev–Trinajstić information content (AvgIpc) is 2.90. The maximum absolute atomic E-state index is 12.6. The van der Waals surface area contributed by atoms with Crippen molar-refractivity contribution in [2.24, 2.45) is 0 Å². The zero-order valence-corrected chi connectivity index (χ0v) is 14.6. The van der Waals surface area contributed by atoms with Crippen LogP contribution in [0.2, 0.25) is 0 Å². The fourth-order valence-corrected chi connectivity index (χ4v) is 7.70. The highest BCUT2D eigenvalue weighted by atomic mass is 32.2. The molecule has 1 unspecified atom stereocenters. The van der Waals surface area contributed by atoms with Gasteiger partial charge in [0, 0.05) is 32.7 Å². The summed E-state index contributed by atoms with van der Waals surface area (Å²) in [5, 5.41) is -0.756. The second kappa shape index (κ2) is 6.51. The zero-order chi connectivity index (χ0) is 16.5. The molecule has 2 fully saturated rings. The van der Waals surface area contributed by atoms with E-state index in [-0.39, 0.29) is 17.9 Å². The lowest BCUT2D eigenvalue weighted by molar-refractivity contribution is 0.181. The third-order valence-electron chi connectivity index (χ3n) is 4.55. The number of nitrogens with zero attached hydrogens (tertiary/aromatic N) is 2. The van der Waals surface area contributed by atoms with Crippen molar-refractivity contribution in [2.45, 2.75) is 18.2 Å². The van der Waals surface area contributed by atoms with Crippen LogP contribution in [0.25, 0.3) is 0 Å². The number of sulfonamides is 1. The van der Waals surface area contributed by atoms with Gasteiger partial charge < -0.3 is 0 Å². The minimum Gasteiger partial charge on any atom is -0.296 e. The van der Waals surface area contributed by atoms with E-state index in [4.69, 9.17) is 0 Å². The lowest BCUT2D eigenvalue weighted by atomic mass is 10.2. The zero-order valence-electron chi connectivity index (χ0n) is 13.0. The molecule has 3 rings (SSSR count). The van der Waals surface area contributed by atoms with E-state index in [2.05, 4.69) is 17.0 Å². The van der Waals surface area contributed by atoms with Gasteiger partial charge in [-0.3, -0.25) is 4.90 Å². The summed E-state index contributed by atoms with van der Waals surface area (Å²) >= 11 is 0. The Kier molecular flexibility index (Phi) is 4.78. The van der Waals surface area contributed by atoms with Gasteiger partial charge in [-0.1, -0.05) is 30.3 Å². The molecule has 1 aromatic carbocycles. The molecule has 0 bridgehead atoms. The van der Waals surface area contributed by atoms with Gasteiger partial charge in [0.2, 0.25) is 10.0 Å². The summed E-state index contributed by atoms with van der Waals surface area (Å²) < 4.78 is 49.7. The molecule has 8 heteroatoms. The largest absolute Gasteiger partial charge is 0.296 e. The first kappa shape index (κ1) is 16.9. The van der Waals surface area contributed by atoms with Gasteiger partial charge in [0.1, 0.15) is 0 Å². The summed E-state index contributed by atoms with van der Waals surface area (Å²) in [5.74, 6) is -0.232. The second-order valence-electron chi connectivity index (χ2n) is 6.23. The Labute approximate surface area is 138 Å². The first-order valence-electron chi connectivity index (χ1n) is 7.82. The lowest BCUT2D eigenvalue weighted by Crippen LogP contribution is -2.50. The Morgan fingerprint density at radius 1 is 1.04 bits per heavy atom. The van der Waals surface area contributed by atoms with Crippen molar-refractivity contribution < 1.29 is 16.8 Å². The van der Waals surface area contributed by atoms with E-state index in [1.165, 1.54) is 9.87 Å². The smallest absolute Gasteiger partial charge is 0.218 e. The fourth-order valence-electron chi connectivity index (χ4n) is 3.19. The molecular formula is C15H22N2O4S2. The van der Waals surface area contributed by atoms with E-state index in [1.54, 1.807) is 0 Å². The number of benzene rings is 1. The van der Waals surface area contributed by atoms with Crippen LogP contribution in [0.3, 0.4) is 0 Å². The number of sulfone groups is 1. The van der Waals surface area contributed by atoms with Crippen molar-refractivity contribution in [3.63, 3.8) is 0 Å². The highest BCUT2D eigenvalue weighted by Crippen LogP contribution is 2.23. The molecule has 0 aromatic heterocycles. The molecule has 0 saturated carbocycles. The van der Waals surface area contributed by atoms with Gasteiger partial charge in [0.15, 0.2) is 9.84 Å². The van der Waals surface area contributed by atoms with E-state index in [1.807, 2.05) is 18.2 Å². The van der Waals surface area contributed by atoms with E-state index >= 15 is 0 Å². The van der Waals surface area contributed by atoms with E-state index in [0.717, 1.165) is 6.54 Å². The molecule has 128 valence electrons. The van der Waals surface area contributed by atoms with E-state index < -0.39 is 25.1 Å². The summed E-state index contributed by atoms with van der Waals surface area (Å²) in [6, 6.07) is 10.1. The van der Waals surface area contributed by atoms with Gasteiger partial charge in [0.05, 0.1) is 16.8 Å². The highest BCUT2D eigenvalue weighted by Gasteiger charge is 2.41. The van der Waals surface area contributed by atoms with Crippen LogP contribution >= 0.6 is 0 Å². The number of rotatable bonds is 4. The van der Waals surface area contributed by atoms with Crippen LogP contribution in [0.15, 0.2) is 30.3 Å². The van der Waals surface area contributed by atoms with Crippen LogP contribution in [0.1, 0.15) is 12.0 Å². The Morgan fingerprint density at radius 3 is 2.26 bits per heavy atom. The molecule has 1 atom stereocenters. The minimum atomic E-state index is -3.50. The molecular weight excluding hydrogens is 336 g/mol. The van der Waals surface area contributed by atoms with Crippen molar-refractivity contribution in [1.82, 2.24) is 9.21 Å². The Balaban J connectivity index is 1.58. The summed E-state index contributed by atoms with van der Waals surface area (Å²) in [6.07, 6.45) is 0.231. The van der Waals surface area contributed by atoms with Crippen molar-refractivity contribution in [3.05, 3.63) is 35.9 Å². The third kappa shape index (κ3) is 3.93. The monoisotopic (exact) mass is 358 g/mol. The number of hydrogen-bond acceptors (Lipinski definition) is 5. The Hall–Kier alpha value is -0.960. The van der Waals surface area contributed by atoms with Gasteiger partial charge in [-0.2, -0.15) is 4.31 Å². The molecule has 2 saturated heterocycles. The lowest BCUT2D eigenvalue weighted by Gasteiger charge is -2.35. The van der Waals surface area contributed by atoms with Crippen LogP contribution in [-0.4, -0.2) is 69.0 Å². The predicted molar refractivity (Wildman–Crippen MR) is 89.3 cm³/mol. The standard InChI is InChI=1S/C15H22N2O4S2/c18-22(19)11-6-15(13-22)23(20,21)17-9-7-16(8-10-17)12-14-4-2-1-3-5-14/h1-5,15H,6-13H2. The average molecular weight is 358 g/mol. The summed E-state index contributed by atoms with van der Waals surface area (Å²) in [4.78, 5) is 2.23. The van der Waals surface area contributed by atoms with Crippen molar-refractivity contribution >= 4 is 19.9 Å². The van der Waals surface area contributed by atoms with Crippen LogP contribution in [0.4, 0.5) is 0 Å². The van der Waals surface area contributed by atoms with Crippen LogP contribution in [-0.2, 0) is 26.4 Å². The SMILES string of the molecule is O=S1(=O)CCC(S(=O)(=O)N2CCN(Cc3ccccc3)CC2)C1. The molecule has 0 N–H and O–H groups in total. The minimum absolute atomic E-state index is 0.00906. The second-order valence-corrected chi connectivity index (χ2v) is 10.7. The maximum atomic E-state index is 12.6. The maximum Gasteiger partial charge on any atom is 0.218 e. The Bertz CT molecular complexity index is 739. The van der Waals surface area contributed by atoms with E-state index in [9.17, 15) is 16.8 Å². The summed E-state index contributed by atoms with van der Waals surface area (Å²) in [5.41, 5.74) is 1.21. The van der Waals surface area contributed by atoms with Crippen LogP contribution < -0.4 is 0 Å². The van der Waals surface area contributed by atoms with Crippen LogP contribution in [0, 0.1) is 0 Å². The topological polar surface area (TPSA) is 74.8 Å². The first-order valence-corrected chi connectivity index (χ1v) is 11.1. The van der Waals surface area contributed by atoms with Crippen LogP contribution in [0.5, 0.6) is 0 Å². The molecule has 2 heterocycles. The number of piperazine rings is 1. The molecule has 0 spiro atoms. The molecule has 2 aliphatic rings. The molecule has 1 aromatic rings. The molecule has 0 radical (unpaired) electrons. The van der Waals surface area contributed by atoms with Gasteiger partial charge >= 0.3 is 0 Å². The van der Waals surface area contributed by atoms with Crippen molar-refractivity contribution in [1.29, 1.82) is 0 Å².